The predicted octanol–water partition coefficient (Wildman–Crippen LogP) is 6.04. The summed E-state index contributed by atoms with van der Waals surface area (Å²) in [6, 6.07) is 10.3. The van der Waals surface area contributed by atoms with Crippen molar-refractivity contribution in [2.24, 2.45) is 0 Å². The van der Waals surface area contributed by atoms with E-state index >= 15 is 0 Å². The molecule has 0 saturated carbocycles. The summed E-state index contributed by atoms with van der Waals surface area (Å²) in [5, 5.41) is 3.43. The second kappa shape index (κ2) is 15.1. The van der Waals surface area contributed by atoms with Gasteiger partial charge < -0.3 is 15.0 Å². The number of halogens is 1. The summed E-state index contributed by atoms with van der Waals surface area (Å²) in [5.74, 6) is 1.51. The molecule has 0 spiro atoms. The number of hydrogen-bond donors (Lipinski definition) is 2. The van der Waals surface area contributed by atoms with Crippen LogP contribution < -0.4 is 10.9 Å². The molecule has 1 aromatic rings. The van der Waals surface area contributed by atoms with Crippen LogP contribution in [0.5, 0.6) is 0 Å². The number of aromatic amines is 1. The zero-order chi connectivity index (χ0) is 30.0. The number of hydrogen-bond acceptors (Lipinski definition) is 4. The Labute approximate surface area is 259 Å². The van der Waals surface area contributed by atoms with E-state index in [1.807, 2.05) is 30.5 Å². The van der Waals surface area contributed by atoms with Gasteiger partial charge in [-0.2, -0.15) is 0 Å². The first-order chi connectivity index (χ1) is 21.0. The molecule has 7 nitrogen and oxygen atoms in total. The van der Waals surface area contributed by atoms with Gasteiger partial charge in [0.05, 0.1) is 17.3 Å². The van der Waals surface area contributed by atoms with E-state index in [1.54, 1.807) is 12.4 Å². The zero-order valence-electron chi connectivity index (χ0n) is 25.0. The van der Waals surface area contributed by atoms with Crippen molar-refractivity contribution < 1.29 is 9.53 Å². The number of benzene rings is 1. The summed E-state index contributed by atoms with van der Waals surface area (Å²) in [6.07, 6.45) is 20.0. The van der Waals surface area contributed by atoms with E-state index in [0.717, 1.165) is 86.2 Å². The highest BCUT2D eigenvalue weighted by atomic mass is 35.5. The number of carbonyl (C=O) groups is 1. The average Bonchev–Trinajstić information content (AvgIpc) is 3.31. The Morgan fingerprint density at radius 3 is 2.67 bits per heavy atom. The second-order valence-corrected chi connectivity index (χ2v) is 11.8. The van der Waals surface area contributed by atoms with Crippen molar-refractivity contribution in [3.05, 3.63) is 116 Å². The van der Waals surface area contributed by atoms with Crippen molar-refractivity contribution in [2.75, 3.05) is 13.2 Å². The van der Waals surface area contributed by atoms with E-state index in [-0.39, 0.29) is 11.4 Å². The highest BCUT2D eigenvalue weighted by Gasteiger charge is 2.22. The first kappa shape index (κ1) is 30.7. The van der Waals surface area contributed by atoms with Crippen molar-refractivity contribution >= 4 is 25.3 Å². The van der Waals surface area contributed by atoms with Gasteiger partial charge in [-0.1, -0.05) is 78.6 Å². The van der Waals surface area contributed by atoms with Crippen molar-refractivity contribution in [3.63, 3.8) is 0 Å². The van der Waals surface area contributed by atoms with Crippen LogP contribution in [0.2, 0.25) is 0 Å². The predicted molar refractivity (Wildman–Crippen MR) is 175 cm³/mol. The highest BCUT2D eigenvalue weighted by Crippen LogP contribution is 2.29. The lowest BCUT2D eigenvalue weighted by Gasteiger charge is -2.17. The van der Waals surface area contributed by atoms with Crippen LogP contribution in [0, 0.1) is 0 Å². The molecule has 0 fully saturated rings. The van der Waals surface area contributed by atoms with Gasteiger partial charge in [0.1, 0.15) is 11.5 Å². The molecule has 0 saturated heterocycles. The summed E-state index contributed by atoms with van der Waals surface area (Å²) in [5.41, 5.74) is 5.90. The van der Waals surface area contributed by atoms with Crippen molar-refractivity contribution in [1.29, 1.82) is 0 Å². The van der Waals surface area contributed by atoms with Gasteiger partial charge in [-0.25, -0.2) is 4.98 Å². The Morgan fingerprint density at radius 2 is 1.91 bits per heavy atom. The standard InChI is InChI=1S/C34H40BClN4O3/c35-34(42)37-17-9-1-2-10-18-43-31-16-15-26(20-28(31)36)22-30-33(41)40-23-27(19-24-11-5-3-6-12-24)38-29(32(40)39-30)21-25-13-7-4-8-14-25/h4-5,7-8,11-14,20,23,38H,1-3,6,9-10,15-19,21-22,35H2,(H,37,42). The number of aromatic nitrogens is 3. The monoisotopic (exact) mass is 598 g/mol. The lowest BCUT2D eigenvalue weighted by atomic mass is 9.99. The number of nitrogens with zero attached hydrogens (tertiary/aromatic N) is 2. The number of nitrogens with one attached hydrogen (secondary N) is 2. The van der Waals surface area contributed by atoms with Crippen LogP contribution in [-0.2, 0) is 24.0 Å². The molecule has 0 bridgehead atoms. The third-order valence-electron chi connectivity index (χ3n) is 7.88. The minimum atomic E-state index is -0.0747. The van der Waals surface area contributed by atoms with E-state index in [1.165, 1.54) is 5.57 Å². The highest BCUT2D eigenvalue weighted by molar-refractivity contribution is 6.57. The summed E-state index contributed by atoms with van der Waals surface area (Å²) >= 11 is 6.62. The van der Waals surface area contributed by atoms with Gasteiger partial charge >= 0.3 is 0 Å². The minimum Gasteiger partial charge on any atom is -0.496 e. The van der Waals surface area contributed by atoms with Crippen LogP contribution in [0.25, 0.3) is 5.82 Å². The number of imidazole rings is 1. The van der Waals surface area contributed by atoms with Gasteiger partial charge in [0.2, 0.25) is 7.85 Å². The van der Waals surface area contributed by atoms with Gasteiger partial charge in [-0.05, 0) is 49.3 Å². The molecular weight excluding hydrogens is 559 g/mol. The first-order valence-electron chi connectivity index (χ1n) is 15.4. The minimum absolute atomic E-state index is 0.0172. The van der Waals surface area contributed by atoms with Crippen molar-refractivity contribution in [2.45, 2.75) is 70.6 Å². The van der Waals surface area contributed by atoms with Gasteiger partial charge in [0.25, 0.3) is 5.56 Å². The van der Waals surface area contributed by atoms with E-state index in [4.69, 9.17) is 21.3 Å². The smallest absolute Gasteiger partial charge is 0.278 e. The summed E-state index contributed by atoms with van der Waals surface area (Å²) in [4.78, 5) is 33.1. The lowest BCUT2D eigenvalue weighted by molar-refractivity contribution is 0.193. The number of carbonyl (C=O) groups excluding carboxylic acids is 1. The Morgan fingerprint density at radius 1 is 1.07 bits per heavy atom. The van der Waals surface area contributed by atoms with E-state index in [2.05, 4.69) is 40.7 Å². The molecular formula is C34H40BClN4O3. The Kier molecular flexibility index (Phi) is 10.8. The molecule has 0 atom stereocenters. The van der Waals surface area contributed by atoms with Crippen molar-refractivity contribution in [1.82, 2.24) is 19.9 Å². The fourth-order valence-corrected chi connectivity index (χ4v) is 5.95. The molecule has 1 aromatic carbocycles. The maximum absolute atomic E-state index is 13.6. The molecule has 43 heavy (non-hydrogen) atoms. The fourth-order valence-electron chi connectivity index (χ4n) is 5.64. The SMILES string of the molecule is BC(=O)NCCCCCCOC1=C(Cl)C=C(Cc2nc3c(Cc4ccccc4)[nH]c(CC4=CCCC=C4)cn-3c2=O)CC1. The largest absolute Gasteiger partial charge is 0.496 e. The maximum atomic E-state index is 13.6. The number of amides is 1. The number of unbranched alkanes of at least 4 members (excludes halogenated alkanes) is 3. The molecule has 224 valence electrons. The lowest BCUT2D eigenvalue weighted by Crippen LogP contribution is -2.22. The first-order valence-corrected chi connectivity index (χ1v) is 15.8. The second-order valence-electron chi connectivity index (χ2n) is 11.4. The average molecular weight is 599 g/mol. The molecule has 0 aromatic heterocycles. The van der Waals surface area contributed by atoms with E-state index < -0.39 is 0 Å². The summed E-state index contributed by atoms with van der Waals surface area (Å²) in [6.45, 7) is 1.35. The molecule has 2 aliphatic carbocycles. The summed E-state index contributed by atoms with van der Waals surface area (Å²) < 4.78 is 7.72. The Balaban J connectivity index is 1.27. The third-order valence-corrected chi connectivity index (χ3v) is 8.20. The molecule has 2 N–H and O–H groups in total. The topological polar surface area (TPSA) is 89.0 Å². The number of fused-ring (bicyclic) bond motifs is 1. The normalized spacial score (nSPS) is 15.0. The molecule has 4 aliphatic rings. The van der Waals surface area contributed by atoms with Crippen LogP contribution >= 0.6 is 11.6 Å². The number of rotatable bonds is 14. The van der Waals surface area contributed by atoms with Crippen LogP contribution in [0.1, 0.15) is 74.0 Å². The molecule has 2 heterocycles. The zero-order valence-corrected chi connectivity index (χ0v) is 25.7. The van der Waals surface area contributed by atoms with E-state index in [9.17, 15) is 9.59 Å². The molecule has 5 rings (SSSR count). The molecule has 0 unspecified atom stereocenters. The van der Waals surface area contributed by atoms with Gasteiger partial charge in [0, 0.05) is 44.1 Å². The number of ether oxygens (including phenoxy) is 1. The number of H-pyrrole nitrogens is 1. The molecule has 0 radical (unpaired) electrons. The molecule has 1 amide bonds. The van der Waals surface area contributed by atoms with Crippen LogP contribution in [0.4, 0.5) is 4.79 Å². The van der Waals surface area contributed by atoms with Crippen LogP contribution in [0.3, 0.4) is 0 Å². The Hall–Kier alpha value is -3.78. The van der Waals surface area contributed by atoms with Gasteiger partial charge in [-0.15, -0.1) is 0 Å². The van der Waals surface area contributed by atoms with Crippen LogP contribution in [0.15, 0.2) is 87.6 Å². The van der Waals surface area contributed by atoms with Gasteiger partial charge in [0.15, 0.2) is 11.6 Å². The van der Waals surface area contributed by atoms with E-state index in [0.29, 0.717) is 42.4 Å². The van der Waals surface area contributed by atoms with Gasteiger partial charge in [-0.3, -0.25) is 14.2 Å². The quantitative estimate of drug-likeness (QED) is 0.175. The van der Waals surface area contributed by atoms with Crippen molar-refractivity contribution in [3.8, 4) is 5.82 Å². The Bertz CT molecular complexity index is 1570. The number of allylic oxidation sites excluding steroid dienone is 8. The van der Waals surface area contributed by atoms with Crippen LogP contribution in [-0.4, -0.2) is 41.3 Å². The fraction of sp³-hybridized carbons (Fsp3) is 0.382. The molecule has 9 heteroatoms. The molecule has 2 aliphatic heterocycles. The third kappa shape index (κ3) is 8.63. The summed E-state index contributed by atoms with van der Waals surface area (Å²) in [7, 11) is 1.54. The maximum Gasteiger partial charge on any atom is 0.278 e.